The van der Waals surface area contributed by atoms with E-state index in [9.17, 15) is 9.59 Å². The maximum absolute atomic E-state index is 13.9. The van der Waals surface area contributed by atoms with Crippen molar-refractivity contribution in [3.05, 3.63) is 95.6 Å². The van der Waals surface area contributed by atoms with E-state index in [0.717, 1.165) is 28.1 Å². The number of fused-ring (bicyclic) bond motifs is 2. The van der Waals surface area contributed by atoms with E-state index in [1.165, 1.54) is 11.8 Å². The molecule has 2 aliphatic rings. The summed E-state index contributed by atoms with van der Waals surface area (Å²) < 4.78 is 0. The highest BCUT2D eigenvalue weighted by atomic mass is 32.2. The van der Waals surface area contributed by atoms with E-state index < -0.39 is 4.87 Å². The van der Waals surface area contributed by atoms with Crippen molar-refractivity contribution in [1.29, 1.82) is 0 Å². The predicted octanol–water partition coefficient (Wildman–Crippen LogP) is 4.47. The predicted molar refractivity (Wildman–Crippen MR) is 117 cm³/mol. The topological polar surface area (TPSA) is 40.6 Å². The monoisotopic (exact) mass is 400 g/mol. The lowest BCUT2D eigenvalue weighted by Gasteiger charge is -2.33. The van der Waals surface area contributed by atoms with E-state index in [1.807, 2.05) is 90.7 Å². The number of para-hydroxylation sites is 1. The summed E-state index contributed by atoms with van der Waals surface area (Å²) in [5, 5.41) is 0. The van der Waals surface area contributed by atoms with Crippen molar-refractivity contribution in [2.75, 3.05) is 15.6 Å². The van der Waals surface area contributed by atoms with Gasteiger partial charge in [0, 0.05) is 11.3 Å². The van der Waals surface area contributed by atoms with Crippen molar-refractivity contribution < 1.29 is 9.59 Å². The minimum Gasteiger partial charge on any atom is -0.304 e. The molecule has 1 saturated heterocycles. The molecule has 3 aromatic rings. The molecule has 144 valence electrons. The van der Waals surface area contributed by atoms with Crippen molar-refractivity contribution in [1.82, 2.24) is 0 Å². The minimum atomic E-state index is -1.05. The van der Waals surface area contributed by atoms with Crippen LogP contribution in [0.15, 0.2) is 78.9 Å². The molecule has 0 unspecified atom stereocenters. The first-order valence-electron chi connectivity index (χ1n) is 9.60. The third-order valence-corrected chi connectivity index (χ3v) is 6.89. The highest BCUT2D eigenvalue weighted by molar-refractivity contribution is 8.02. The van der Waals surface area contributed by atoms with Gasteiger partial charge in [-0.1, -0.05) is 60.7 Å². The Morgan fingerprint density at radius 3 is 2.48 bits per heavy atom. The van der Waals surface area contributed by atoms with Gasteiger partial charge in [-0.3, -0.25) is 14.5 Å². The molecule has 3 aromatic carbocycles. The van der Waals surface area contributed by atoms with Crippen LogP contribution in [0.3, 0.4) is 0 Å². The summed E-state index contributed by atoms with van der Waals surface area (Å²) in [6, 6.07) is 25.6. The fourth-order valence-corrected chi connectivity index (χ4v) is 5.60. The molecule has 0 aromatic heterocycles. The number of carbonyl (C=O) groups is 2. The molecule has 29 heavy (non-hydrogen) atoms. The number of carbonyl (C=O) groups excluding carboxylic acids is 2. The Morgan fingerprint density at radius 2 is 1.69 bits per heavy atom. The highest BCUT2D eigenvalue weighted by Gasteiger charge is 2.60. The number of hydrogen-bond acceptors (Lipinski definition) is 3. The van der Waals surface area contributed by atoms with E-state index in [2.05, 4.69) is 0 Å². The number of nitrogens with zero attached hydrogens (tertiary/aromatic N) is 2. The molecule has 0 aliphatic carbocycles. The van der Waals surface area contributed by atoms with E-state index in [0.29, 0.717) is 6.54 Å². The first-order chi connectivity index (χ1) is 14.1. The number of hydrogen-bond donors (Lipinski definition) is 0. The van der Waals surface area contributed by atoms with Crippen LogP contribution in [0.5, 0.6) is 0 Å². The van der Waals surface area contributed by atoms with Gasteiger partial charge in [-0.15, -0.1) is 11.8 Å². The van der Waals surface area contributed by atoms with Crippen LogP contribution in [0.1, 0.15) is 16.7 Å². The molecule has 1 spiro atoms. The molecule has 2 heterocycles. The van der Waals surface area contributed by atoms with Crippen LogP contribution in [0, 0.1) is 6.92 Å². The van der Waals surface area contributed by atoms with Gasteiger partial charge < -0.3 is 4.90 Å². The summed E-state index contributed by atoms with van der Waals surface area (Å²) in [6.07, 6.45) is 0. The van der Waals surface area contributed by atoms with Crippen molar-refractivity contribution >= 4 is 35.0 Å². The Balaban J connectivity index is 1.66. The Labute approximate surface area is 174 Å². The number of thioether (sulfide) groups is 1. The second-order valence-electron chi connectivity index (χ2n) is 7.39. The zero-order valence-corrected chi connectivity index (χ0v) is 16.9. The summed E-state index contributed by atoms with van der Waals surface area (Å²) in [7, 11) is 0. The second-order valence-corrected chi connectivity index (χ2v) is 8.56. The van der Waals surface area contributed by atoms with Crippen LogP contribution < -0.4 is 9.80 Å². The third kappa shape index (κ3) is 2.69. The minimum absolute atomic E-state index is 0.0367. The zero-order valence-electron chi connectivity index (χ0n) is 16.0. The lowest BCUT2D eigenvalue weighted by atomic mass is 10.0. The number of rotatable bonds is 3. The van der Waals surface area contributed by atoms with Crippen LogP contribution in [0.2, 0.25) is 0 Å². The summed E-state index contributed by atoms with van der Waals surface area (Å²) in [5.74, 6) is 0.193. The average Bonchev–Trinajstić information content (AvgIpc) is 3.20. The van der Waals surface area contributed by atoms with Crippen LogP contribution in [-0.2, 0) is 21.0 Å². The highest BCUT2D eigenvalue weighted by Crippen LogP contribution is 2.55. The zero-order chi connectivity index (χ0) is 20.0. The average molecular weight is 401 g/mol. The van der Waals surface area contributed by atoms with Crippen molar-refractivity contribution in [2.45, 2.75) is 18.3 Å². The Kier molecular flexibility index (Phi) is 4.21. The SMILES string of the molecule is Cc1cccc(N2C(=O)CS[C@]23C(=O)N(Cc2ccccc2)c2ccccc23)c1. The fourth-order valence-electron chi connectivity index (χ4n) is 4.25. The number of aryl methyl sites for hydroxylation is 1. The molecule has 4 nitrogen and oxygen atoms in total. The molecule has 2 amide bonds. The number of anilines is 2. The van der Waals surface area contributed by atoms with Crippen LogP contribution in [0.25, 0.3) is 0 Å². The van der Waals surface area contributed by atoms with Gasteiger partial charge in [0.2, 0.25) is 10.8 Å². The molecule has 0 bridgehead atoms. The van der Waals surface area contributed by atoms with Crippen molar-refractivity contribution in [3.8, 4) is 0 Å². The van der Waals surface area contributed by atoms with Crippen molar-refractivity contribution in [2.24, 2.45) is 0 Å². The van der Waals surface area contributed by atoms with E-state index in [1.54, 1.807) is 4.90 Å². The molecule has 0 N–H and O–H groups in total. The maximum Gasteiger partial charge on any atom is 0.269 e. The first-order valence-corrected chi connectivity index (χ1v) is 10.6. The van der Waals surface area contributed by atoms with Crippen molar-refractivity contribution in [3.63, 3.8) is 0 Å². The largest absolute Gasteiger partial charge is 0.304 e. The molecular weight excluding hydrogens is 380 g/mol. The smallest absolute Gasteiger partial charge is 0.269 e. The fraction of sp³-hybridized carbons (Fsp3) is 0.167. The second kappa shape index (κ2) is 6.78. The van der Waals surface area contributed by atoms with Gasteiger partial charge in [-0.25, -0.2) is 0 Å². The van der Waals surface area contributed by atoms with Crippen LogP contribution in [-0.4, -0.2) is 17.6 Å². The standard InChI is InChI=1S/C24H20N2O2S/c1-17-8-7-11-19(14-17)26-22(27)16-29-24(26)20-12-5-6-13-21(20)25(23(24)28)15-18-9-3-2-4-10-18/h2-14H,15-16H2,1H3/t24-/m1/s1. The van der Waals surface area contributed by atoms with Gasteiger partial charge >= 0.3 is 0 Å². The van der Waals surface area contributed by atoms with E-state index >= 15 is 0 Å². The number of benzene rings is 3. The van der Waals surface area contributed by atoms with Gasteiger partial charge in [0.05, 0.1) is 18.0 Å². The van der Waals surface area contributed by atoms with Gasteiger partial charge in [-0.2, -0.15) is 0 Å². The van der Waals surface area contributed by atoms with Gasteiger partial charge in [-0.05, 0) is 36.2 Å². The molecule has 1 fully saturated rings. The lowest BCUT2D eigenvalue weighted by Crippen LogP contribution is -2.49. The maximum atomic E-state index is 13.9. The lowest BCUT2D eigenvalue weighted by molar-refractivity contribution is -0.123. The van der Waals surface area contributed by atoms with Gasteiger partial charge in [0.15, 0.2) is 0 Å². The summed E-state index contributed by atoms with van der Waals surface area (Å²) in [6.45, 7) is 2.48. The summed E-state index contributed by atoms with van der Waals surface area (Å²) in [5.41, 5.74) is 4.65. The molecule has 0 saturated carbocycles. The van der Waals surface area contributed by atoms with Crippen LogP contribution in [0.4, 0.5) is 11.4 Å². The molecule has 5 rings (SSSR count). The Hall–Kier alpha value is -3.05. The Bertz CT molecular complexity index is 1110. The van der Waals surface area contributed by atoms with Gasteiger partial charge in [0.1, 0.15) is 0 Å². The summed E-state index contributed by atoms with van der Waals surface area (Å²) in [4.78, 5) is 29.4. The first kappa shape index (κ1) is 18.0. The Morgan fingerprint density at radius 1 is 0.931 bits per heavy atom. The molecule has 0 radical (unpaired) electrons. The molecule has 5 heteroatoms. The van der Waals surface area contributed by atoms with Gasteiger partial charge in [0.25, 0.3) is 5.91 Å². The molecule has 1 atom stereocenters. The third-order valence-electron chi connectivity index (χ3n) is 5.51. The molecular formula is C24H20N2O2S. The van der Waals surface area contributed by atoms with Crippen LogP contribution >= 0.6 is 11.8 Å². The normalized spacial score (nSPS) is 20.6. The van der Waals surface area contributed by atoms with E-state index in [-0.39, 0.29) is 17.6 Å². The quantitative estimate of drug-likeness (QED) is 0.651. The summed E-state index contributed by atoms with van der Waals surface area (Å²) >= 11 is 1.42. The van der Waals surface area contributed by atoms with E-state index in [4.69, 9.17) is 0 Å². The molecule has 2 aliphatic heterocycles. The number of amides is 2.